The van der Waals surface area contributed by atoms with Gasteiger partial charge in [0.2, 0.25) is 0 Å². The zero-order valence-corrected chi connectivity index (χ0v) is 11.3. The van der Waals surface area contributed by atoms with Crippen LogP contribution in [0.25, 0.3) is 0 Å². The van der Waals surface area contributed by atoms with Crippen molar-refractivity contribution >= 4 is 38.9 Å². The molecule has 0 radical (unpaired) electrons. The van der Waals surface area contributed by atoms with E-state index >= 15 is 0 Å². The van der Waals surface area contributed by atoms with Crippen molar-refractivity contribution in [2.75, 3.05) is 31.2 Å². The maximum absolute atomic E-state index is 12.0. The highest BCUT2D eigenvalue weighted by molar-refractivity contribution is 9.11. The van der Waals surface area contributed by atoms with Crippen LogP contribution in [0.5, 0.6) is 5.75 Å². The number of aliphatic hydroxyl groups excluding tert-OH is 1. The van der Waals surface area contributed by atoms with Gasteiger partial charge in [0, 0.05) is 6.54 Å². The molecule has 5 nitrogen and oxygen atoms in total. The highest BCUT2D eigenvalue weighted by atomic mass is 79.9. The number of nitrogens with zero attached hydrogens (tertiary/aromatic N) is 1. The van der Waals surface area contributed by atoms with Gasteiger partial charge in [-0.25, -0.2) is 0 Å². The first-order valence-corrected chi connectivity index (χ1v) is 6.93. The lowest BCUT2D eigenvalue weighted by atomic mass is 10.2. The molecular weight excluding hydrogens is 308 g/mol. The SMILES string of the molecule is O=C1N[C@@H](CO)CN2CCOc3c(Br)sc1c32. The Kier molecular flexibility index (Phi) is 2.76. The molecule has 0 bridgehead atoms. The van der Waals surface area contributed by atoms with Crippen LogP contribution in [-0.2, 0) is 0 Å². The molecule has 1 aromatic heterocycles. The summed E-state index contributed by atoms with van der Waals surface area (Å²) in [5, 5.41) is 12.0. The number of ether oxygens (including phenoxy) is 1. The van der Waals surface area contributed by atoms with Crippen LogP contribution in [0.1, 0.15) is 9.67 Å². The summed E-state index contributed by atoms with van der Waals surface area (Å²) in [6.07, 6.45) is 0. The van der Waals surface area contributed by atoms with Gasteiger partial charge in [-0.05, 0) is 15.9 Å². The van der Waals surface area contributed by atoms with Gasteiger partial charge in [-0.2, -0.15) is 0 Å². The van der Waals surface area contributed by atoms with E-state index in [4.69, 9.17) is 4.74 Å². The molecule has 2 N–H and O–H groups in total. The normalized spacial score (nSPS) is 22.6. The Hall–Kier alpha value is -0.790. The van der Waals surface area contributed by atoms with Gasteiger partial charge in [0.25, 0.3) is 5.91 Å². The van der Waals surface area contributed by atoms with E-state index < -0.39 is 0 Å². The molecule has 0 saturated heterocycles. The summed E-state index contributed by atoms with van der Waals surface area (Å²) in [7, 11) is 0. The predicted octanol–water partition coefficient (Wildman–Crippen LogP) is 0.814. The van der Waals surface area contributed by atoms with Crippen molar-refractivity contribution in [3.05, 3.63) is 8.66 Å². The summed E-state index contributed by atoms with van der Waals surface area (Å²) in [5.41, 5.74) is 0.863. The Morgan fingerprint density at radius 3 is 3.24 bits per heavy atom. The van der Waals surface area contributed by atoms with Crippen molar-refractivity contribution < 1.29 is 14.6 Å². The van der Waals surface area contributed by atoms with Gasteiger partial charge in [-0.3, -0.25) is 4.79 Å². The number of carbonyl (C=O) groups excluding carboxylic acids is 1. The number of thiophene rings is 1. The Morgan fingerprint density at radius 2 is 2.47 bits per heavy atom. The summed E-state index contributed by atoms with van der Waals surface area (Å²) >= 11 is 4.80. The van der Waals surface area contributed by atoms with Gasteiger partial charge in [0.15, 0.2) is 5.75 Å². The van der Waals surface area contributed by atoms with E-state index in [0.717, 1.165) is 21.8 Å². The summed E-state index contributed by atoms with van der Waals surface area (Å²) in [6, 6.07) is -0.216. The van der Waals surface area contributed by atoms with Crippen LogP contribution in [0.15, 0.2) is 3.79 Å². The van der Waals surface area contributed by atoms with Crippen LogP contribution in [0.3, 0.4) is 0 Å². The Labute approximate surface area is 110 Å². The molecule has 1 aromatic rings. The molecule has 0 spiro atoms. The van der Waals surface area contributed by atoms with E-state index in [1.165, 1.54) is 11.3 Å². The smallest absolute Gasteiger partial charge is 0.264 e. The summed E-state index contributed by atoms with van der Waals surface area (Å²) < 4.78 is 6.44. The van der Waals surface area contributed by atoms with E-state index in [9.17, 15) is 9.90 Å². The zero-order valence-electron chi connectivity index (χ0n) is 8.90. The lowest BCUT2D eigenvalue weighted by molar-refractivity contribution is 0.0928. The van der Waals surface area contributed by atoms with Crippen molar-refractivity contribution in [1.82, 2.24) is 5.32 Å². The zero-order chi connectivity index (χ0) is 12.0. The second-order valence-corrected chi connectivity index (χ2v) is 6.37. The van der Waals surface area contributed by atoms with E-state index in [0.29, 0.717) is 18.0 Å². The predicted molar refractivity (Wildman–Crippen MR) is 68.1 cm³/mol. The number of aliphatic hydroxyl groups is 1. The Balaban J connectivity index is 2.10. The van der Waals surface area contributed by atoms with Crippen LogP contribution < -0.4 is 15.0 Å². The van der Waals surface area contributed by atoms with Crippen LogP contribution >= 0.6 is 27.3 Å². The van der Waals surface area contributed by atoms with Gasteiger partial charge >= 0.3 is 0 Å². The molecule has 17 heavy (non-hydrogen) atoms. The Bertz CT molecular complexity index is 476. The topological polar surface area (TPSA) is 61.8 Å². The van der Waals surface area contributed by atoms with Crippen molar-refractivity contribution in [3.8, 4) is 5.75 Å². The first-order chi connectivity index (χ1) is 8.20. The first kappa shape index (κ1) is 11.3. The third-order valence-electron chi connectivity index (χ3n) is 2.93. The first-order valence-electron chi connectivity index (χ1n) is 5.32. The molecule has 0 aromatic carbocycles. The molecule has 1 atom stereocenters. The maximum atomic E-state index is 12.0. The van der Waals surface area contributed by atoms with Gasteiger partial charge in [-0.1, -0.05) is 0 Å². The standard InChI is InChI=1S/C10H11BrN2O3S/c11-9-7-6-8(17-9)10(15)12-5(4-14)3-13(6)1-2-16-7/h5,14H,1-4H2,(H,12,15)/t5-/m1/s1. The van der Waals surface area contributed by atoms with E-state index in [1.54, 1.807) is 0 Å². The average Bonchev–Trinajstić information content (AvgIpc) is 2.60. The number of carbonyl (C=O) groups is 1. The maximum Gasteiger partial charge on any atom is 0.264 e. The number of amides is 1. The molecule has 0 fully saturated rings. The van der Waals surface area contributed by atoms with E-state index in [-0.39, 0.29) is 18.6 Å². The summed E-state index contributed by atoms with van der Waals surface area (Å²) in [5.74, 6) is 0.619. The molecule has 92 valence electrons. The molecule has 7 heteroatoms. The minimum atomic E-state index is -0.216. The lowest BCUT2D eigenvalue weighted by Crippen LogP contribution is -2.44. The molecule has 3 rings (SSSR count). The van der Waals surface area contributed by atoms with Crippen molar-refractivity contribution in [2.24, 2.45) is 0 Å². The van der Waals surface area contributed by atoms with Crippen LogP contribution in [0.4, 0.5) is 5.69 Å². The van der Waals surface area contributed by atoms with E-state index in [2.05, 4.69) is 26.1 Å². The summed E-state index contributed by atoms with van der Waals surface area (Å²) in [6.45, 7) is 1.92. The number of hydrogen-bond donors (Lipinski definition) is 2. The van der Waals surface area contributed by atoms with Crippen LogP contribution in [0, 0.1) is 0 Å². The minimum absolute atomic E-state index is 0.0471. The molecule has 0 saturated carbocycles. The van der Waals surface area contributed by atoms with Crippen molar-refractivity contribution in [3.63, 3.8) is 0 Å². The summed E-state index contributed by atoms with van der Waals surface area (Å²) in [4.78, 5) is 14.8. The molecular formula is C10H11BrN2O3S. The van der Waals surface area contributed by atoms with Crippen LogP contribution in [0.2, 0.25) is 0 Å². The number of halogens is 1. The average molecular weight is 319 g/mol. The Morgan fingerprint density at radius 1 is 1.65 bits per heavy atom. The lowest BCUT2D eigenvalue weighted by Gasteiger charge is -2.30. The molecule has 0 aliphatic carbocycles. The quantitative estimate of drug-likeness (QED) is 0.804. The third-order valence-corrected chi connectivity index (χ3v) is 4.72. The monoisotopic (exact) mass is 318 g/mol. The fraction of sp³-hybridized carbons (Fsp3) is 0.500. The van der Waals surface area contributed by atoms with Crippen LogP contribution in [-0.4, -0.2) is 43.4 Å². The fourth-order valence-electron chi connectivity index (χ4n) is 2.16. The van der Waals surface area contributed by atoms with Gasteiger partial charge in [0.05, 0.1) is 19.2 Å². The number of hydrogen-bond acceptors (Lipinski definition) is 5. The second kappa shape index (κ2) is 4.15. The van der Waals surface area contributed by atoms with Crippen molar-refractivity contribution in [2.45, 2.75) is 6.04 Å². The third kappa shape index (κ3) is 1.73. The van der Waals surface area contributed by atoms with Crippen molar-refractivity contribution in [1.29, 1.82) is 0 Å². The highest BCUT2D eigenvalue weighted by Crippen LogP contribution is 2.48. The molecule has 2 aliphatic heterocycles. The van der Waals surface area contributed by atoms with E-state index in [1.807, 2.05) is 0 Å². The highest BCUT2D eigenvalue weighted by Gasteiger charge is 2.34. The van der Waals surface area contributed by atoms with Gasteiger partial charge in [-0.15, -0.1) is 11.3 Å². The van der Waals surface area contributed by atoms with Gasteiger partial charge < -0.3 is 20.1 Å². The number of nitrogens with one attached hydrogen (secondary N) is 1. The fourth-order valence-corrected chi connectivity index (χ4v) is 3.85. The van der Waals surface area contributed by atoms with Gasteiger partial charge in [0.1, 0.15) is 21.0 Å². The molecule has 0 unspecified atom stereocenters. The number of rotatable bonds is 1. The minimum Gasteiger partial charge on any atom is -0.487 e. The molecule has 3 heterocycles. The largest absolute Gasteiger partial charge is 0.487 e. The second-order valence-electron chi connectivity index (χ2n) is 4.03. The molecule has 1 amide bonds. The number of anilines is 1. The molecule has 2 aliphatic rings.